The van der Waals surface area contributed by atoms with Crippen molar-refractivity contribution in [2.45, 2.75) is 6.04 Å². The summed E-state index contributed by atoms with van der Waals surface area (Å²) < 4.78 is 4.98. The van der Waals surface area contributed by atoms with Crippen LogP contribution in [0.2, 0.25) is 0 Å². The number of hydrogen-bond donors (Lipinski definition) is 0. The Bertz CT molecular complexity index is 191. The summed E-state index contributed by atoms with van der Waals surface area (Å²) in [7, 11) is 0. The predicted octanol–water partition coefficient (Wildman–Crippen LogP) is 0.867. The molecule has 0 fully saturated rings. The first-order valence-corrected chi connectivity index (χ1v) is 2.53. The van der Waals surface area contributed by atoms with Gasteiger partial charge in [-0.15, -0.1) is 0 Å². The lowest BCUT2D eigenvalue weighted by Gasteiger charge is -1.93. The third-order valence-electron chi connectivity index (χ3n) is 1.26. The SMILES string of the molecule is C1=CC2N=COC2=C1. The quantitative estimate of drug-likeness (QED) is 0.450. The number of aliphatic imine (C=N–C) groups is 1. The number of allylic oxidation sites excluding steroid dienone is 2. The first kappa shape index (κ1) is 3.89. The third kappa shape index (κ3) is 0.346. The van der Waals surface area contributed by atoms with Gasteiger partial charge in [0.2, 0.25) is 0 Å². The second kappa shape index (κ2) is 1.22. The van der Waals surface area contributed by atoms with Gasteiger partial charge in [-0.2, -0.15) is 0 Å². The van der Waals surface area contributed by atoms with Crippen LogP contribution in [0.1, 0.15) is 0 Å². The van der Waals surface area contributed by atoms with Gasteiger partial charge in [-0.1, -0.05) is 12.2 Å². The van der Waals surface area contributed by atoms with Crippen molar-refractivity contribution in [2.24, 2.45) is 4.99 Å². The lowest BCUT2D eigenvalue weighted by atomic mass is 10.3. The van der Waals surface area contributed by atoms with E-state index in [0.717, 1.165) is 5.76 Å². The van der Waals surface area contributed by atoms with E-state index in [4.69, 9.17) is 4.74 Å². The molecule has 0 aromatic rings. The van der Waals surface area contributed by atoms with Crippen LogP contribution in [-0.4, -0.2) is 12.4 Å². The molecule has 0 spiro atoms. The maximum atomic E-state index is 4.98. The number of nitrogens with zero attached hydrogens (tertiary/aromatic N) is 1. The summed E-state index contributed by atoms with van der Waals surface area (Å²) >= 11 is 0. The Morgan fingerprint density at radius 1 is 1.62 bits per heavy atom. The third-order valence-corrected chi connectivity index (χ3v) is 1.26. The Morgan fingerprint density at radius 3 is 3.50 bits per heavy atom. The molecule has 1 heterocycles. The first-order chi connectivity index (χ1) is 3.97. The Morgan fingerprint density at radius 2 is 2.62 bits per heavy atom. The number of ether oxygens (including phenoxy) is 1. The molecule has 2 aliphatic rings. The van der Waals surface area contributed by atoms with Gasteiger partial charge in [-0.3, -0.25) is 0 Å². The van der Waals surface area contributed by atoms with Crippen molar-refractivity contribution < 1.29 is 4.74 Å². The summed E-state index contributed by atoms with van der Waals surface area (Å²) in [6.45, 7) is 0. The van der Waals surface area contributed by atoms with E-state index in [1.54, 1.807) is 0 Å². The normalized spacial score (nSPS) is 30.0. The van der Waals surface area contributed by atoms with Crippen LogP contribution in [-0.2, 0) is 4.74 Å². The molecule has 8 heavy (non-hydrogen) atoms. The van der Waals surface area contributed by atoms with Gasteiger partial charge in [0.15, 0.2) is 6.40 Å². The molecular formula is C6H5NO. The molecule has 1 aliphatic carbocycles. The highest BCUT2D eigenvalue weighted by Crippen LogP contribution is 2.19. The average Bonchev–Trinajstić information content (AvgIpc) is 2.15. The maximum absolute atomic E-state index is 4.98. The zero-order valence-electron chi connectivity index (χ0n) is 4.24. The Balaban J connectivity index is 2.39. The van der Waals surface area contributed by atoms with E-state index < -0.39 is 0 Å². The van der Waals surface area contributed by atoms with Gasteiger partial charge < -0.3 is 4.74 Å². The van der Waals surface area contributed by atoms with Crippen LogP contribution < -0.4 is 0 Å². The van der Waals surface area contributed by atoms with Crippen LogP contribution in [0, 0.1) is 0 Å². The number of rotatable bonds is 0. The molecule has 0 radical (unpaired) electrons. The van der Waals surface area contributed by atoms with E-state index in [2.05, 4.69) is 4.99 Å². The van der Waals surface area contributed by atoms with E-state index in [1.165, 1.54) is 6.40 Å². The van der Waals surface area contributed by atoms with Gasteiger partial charge in [0.05, 0.1) is 0 Å². The van der Waals surface area contributed by atoms with Crippen molar-refractivity contribution >= 4 is 6.40 Å². The molecule has 0 saturated carbocycles. The lowest BCUT2D eigenvalue weighted by molar-refractivity contribution is 0.445. The molecule has 2 nitrogen and oxygen atoms in total. The second-order valence-corrected chi connectivity index (χ2v) is 1.77. The summed E-state index contributed by atoms with van der Waals surface area (Å²) in [5.41, 5.74) is 0. The fourth-order valence-electron chi connectivity index (χ4n) is 0.838. The number of hydrogen-bond acceptors (Lipinski definition) is 2. The van der Waals surface area contributed by atoms with Gasteiger partial charge in [0.25, 0.3) is 0 Å². The lowest BCUT2D eigenvalue weighted by Crippen LogP contribution is -1.93. The van der Waals surface area contributed by atoms with Crippen LogP contribution >= 0.6 is 0 Å². The molecule has 0 aromatic heterocycles. The summed E-state index contributed by atoms with van der Waals surface area (Å²) in [5, 5.41) is 0. The molecule has 40 valence electrons. The monoisotopic (exact) mass is 107 g/mol. The van der Waals surface area contributed by atoms with Crippen LogP contribution in [0.25, 0.3) is 0 Å². The van der Waals surface area contributed by atoms with Crippen LogP contribution in [0.5, 0.6) is 0 Å². The highest BCUT2D eigenvalue weighted by molar-refractivity contribution is 5.56. The summed E-state index contributed by atoms with van der Waals surface area (Å²) in [5.74, 6) is 0.949. The molecule has 0 bridgehead atoms. The standard InChI is InChI=1S/C6H5NO/c1-2-5-6(3-1)8-4-7-5/h1-5H. The van der Waals surface area contributed by atoms with E-state index in [0.29, 0.717) is 0 Å². The van der Waals surface area contributed by atoms with Gasteiger partial charge in [-0.25, -0.2) is 4.99 Å². The van der Waals surface area contributed by atoms with Gasteiger partial charge in [0, 0.05) is 0 Å². The molecule has 0 aromatic carbocycles. The van der Waals surface area contributed by atoms with E-state index in [-0.39, 0.29) is 6.04 Å². The fourth-order valence-corrected chi connectivity index (χ4v) is 0.838. The largest absolute Gasteiger partial charge is 0.448 e. The van der Waals surface area contributed by atoms with Crippen molar-refractivity contribution in [3.05, 3.63) is 24.0 Å². The highest BCUT2D eigenvalue weighted by Gasteiger charge is 2.17. The molecule has 0 amide bonds. The minimum Gasteiger partial charge on any atom is -0.448 e. The first-order valence-electron chi connectivity index (χ1n) is 2.53. The topological polar surface area (TPSA) is 21.6 Å². The summed E-state index contributed by atoms with van der Waals surface area (Å²) in [6.07, 6.45) is 7.37. The predicted molar refractivity (Wildman–Crippen MR) is 30.6 cm³/mol. The molecule has 2 rings (SSSR count). The van der Waals surface area contributed by atoms with Crippen molar-refractivity contribution in [1.29, 1.82) is 0 Å². The van der Waals surface area contributed by atoms with Crippen molar-refractivity contribution in [3.8, 4) is 0 Å². The highest BCUT2D eigenvalue weighted by atomic mass is 16.5. The molecular weight excluding hydrogens is 102 g/mol. The summed E-state index contributed by atoms with van der Waals surface area (Å²) in [4.78, 5) is 4.00. The summed E-state index contributed by atoms with van der Waals surface area (Å²) in [6, 6.07) is 0.204. The van der Waals surface area contributed by atoms with Crippen LogP contribution in [0.4, 0.5) is 0 Å². The second-order valence-electron chi connectivity index (χ2n) is 1.77. The molecule has 2 heteroatoms. The molecule has 1 unspecified atom stereocenters. The fraction of sp³-hybridized carbons (Fsp3) is 0.167. The van der Waals surface area contributed by atoms with Crippen molar-refractivity contribution in [2.75, 3.05) is 0 Å². The number of fused-ring (bicyclic) bond motifs is 1. The average molecular weight is 107 g/mol. The van der Waals surface area contributed by atoms with Crippen molar-refractivity contribution in [1.82, 2.24) is 0 Å². The van der Waals surface area contributed by atoms with Gasteiger partial charge in [-0.05, 0) is 6.08 Å². The van der Waals surface area contributed by atoms with E-state index in [1.807, 2.05) is 18.2 Å². The van der Waals surface area contributed by atoms with Crippen LogP contribution in [0.15, 0.2) is 29.0 Å². The zero-order chi connectivity index (χ0) is 5.40. The Labute approximate surface area is 47.2 Å². The van der Waals surface area contributed by atoms with Gasteiger partial charge >= 0.3 is 0 Å². The minimum atomic E-state index is 0.204. The molecule has 1 aliphatic heterocycles. The zero-order valence-corrected chi connectivity index (χ0v) is 4.24. The van der Waals surface area contributed by atoms with E-state index in [9.17, 15) is 0 Å². The Hall–Kier alpha value is -1.05. The molecule has 1 atom stereocenters. The Kier molecular flexibility index (Phi) is 0.592. The van der Waals surface area contributed by atoms with Crippen molar-refractivity contribution in [3.63, 3.8) is 0 Å². The van der Waals surface area contributed by atoms with Crippen LogP contribution in [0.3, 0.4) is 0 Å². The molecule has 0 saturated heterocycles. The van der Waals surface area contributed by atoms with E-state index >= 15 is 0 Å². The smallest absolute Gasteiger partial charge is 0.177 e. The van der Waals surface area contributed by atoms with Gasteiger partial charge in [0.1, 0.15) is 11.8 Å². The maximum Gasteiger partial charge on any atom is 0.177 e. The minimum absolute atomic E-state index is 0.204. The molecule has 0 N–H and O–H groups in total.